The Morgan fingerprint density at radius 2 is 2.08 bits per heavy atom. The molecule has 70 valence electrons. The van der Waals surface area contributed by atoms with Gasteiger partial charge in [-0.25, -0.2) is 0 Å². The monoisotopic (exact) mass is 178 g/mol. The summed E-state index contributed by atoms with van der Waals surface area (Å²) in [5.74, 6) is -0.0105. The van der Waals surface area contributed by atoms with Crippen molar-refractivity contribution < 1.29 is 9.53 Å². The standard InChI is InChI=1S/C11H14O2/c1-10(7-12)8-13-9-11-5-3-2-4-6-11/h2-7,10H,8-9H2,1H3/t10-/m1/s1. The maximum atomic E-state index is 10.3. The number of rotatable bonds is 5. The Labute approximate surface area is 78.5 Å². The molecule has 1 rings (SSSR count). The minimum atomic E-state index is -0.0105. The lowest BCUT2D eigenvalue weighted by Crippen LogP contribution is -2.06. The third-order valence-electron chi connectivity index (χ3n) is 1.72. The molecular weight excluding hydrogens is 164 g/mol. The quantitative estimate of drug-likeness (QED) is 0.645. The first kappa shape index (κ1) is 9.93. The molecule has 0 amide bonds. The largest absolute Gasteiger partial charge is 0.376 e. The second-order valence-electron chi connectivity index (χ2n) is 3.11. The predicted molar refractivity (Wildman–Crippen MR) is 51.3 cm³/mol. The van der Waals surface area contributed by atoms with Crippen molar-refractivity contribution in [1.82, 2.24) is 0 Å². The second kappa shape index (κ2) is 5.49. The van der Waals surface area contributed by atoms with Crippen LogP contribution < -0.4 is 0 Å². The molecule has 0 saturated carbocycles. The van der Waals surface area contributed by atoms with E-state index in [1.54, 1.807) is 0 Å². The van der Waals surface area contributed by atoms with Crippen molar-refractivity contribution >= 4 is 6.29 Å². The first-order chi connectivity index (χ1) is 6.33. The Hall–Kier alpha value is -1.15. The maximum absolute atomic E-state index is 10.3. The highest BCUT2D eigenvalue weighted by atomic mass is 16.5. The smallest absolute Gasteiger partial charge is 0.125 e. The molecule has 0 aromatic heterocycles. The van der Waals surface area contributed by atoms with Gasteiger partial charge in [-0.05, 0) is 5.56 Å². The highest BCUT2D eigenvalue weighted by molar-refractivity contribution is 5.52. The molecule has 1 aromatic rings. The van der Waals surface area contributed by atoms with Crippen molar-refractivity contribution in [1.29, 1.82) is 0 Å². The highest BCUT2D eigenvalue weighted by Crippen LogP contribution is 2.01. The van der Waals surface area contributed by atoms with Crippen LogP contribution in [0.15, 0.2) is 30.3 Å². The van der Waals surface area contributed by atoms with Crippen molar-refractivity contribution in [2.45, 2.75) is 13.5 Å². The SMILES string of the molecule is C[C@H](C=O)COCc1ccccc1. The number of carbonyl (C=O) groups excluding carboxylic acids is 1. The van der Waals surface area contributed by atoms with Gasteiger partial charge in [-0.2, -0.15) is 0 Å². The molecule has 2 heteroatoms. The van der Waals surface area contributed by atoms with Crippen LogP contribution in [0.25, 0.3) is 0 Å². The lowest BCUT2D eigenvalue weighted by Gasteiger charge is -2.05. The van der Waals surface area contributed by atoms with Crippen LogP contribution in [0.2, 0.25) is 0 Å². The summed E-state index contributed by atoms with van der Waals surface area (Å²) >= 11 is 0. The van der Waals surface area contributed by atoms with Gasteiger partial charge in [-0.3, -0.25) is 0 Å². The molecule has 0 bridgehead atoms. The van der Waals surface area contributed by atoms with Gasteiger partial charge in [0.15, 0.2) is 0 Å². The van der Waals surface area contributed by atoms with Gasteiger partial charge >= 0.3 is 0 Å². The van der Waals surface area contributed by atoms with E-state index >= 15 is 0 Å². The molecule has 0 heterocycles. The summed E-state index contributed by atoms with van der Waals surface area (Å²) in [4.78, 5) is 10.3. The number of aldehydes is 1. The third-order valence-corrected chi connectivity index (χ3v) is 1.72. The molecule has 0 fully saturated rings. The number of ether oxygens (including phenoxy) is 1. The fraction of sp³-hybridized carbons (Fsp3) is 0.364. The molecule has 0 unspecified atom stereocenters. The zero-order valence-corrected chi connectivity index (χ0v) is 7.77. The van der Waals surface area contributed by atoms with Crippen molar-refractivity contribution in [2.75, 3.05) is 6.61 Å². The summed E-state index contributed by atoms with van der Waals surface area (Å²) in [6.07, 6.45) is 0.908. The molecule has 0 aliphatic carbocycles. The molecule has 1 aromatic carbocycles. The summed E-state index contributed by atoms with van der Waals surface area (Å²) in [6.45, 7) is 2.93. The van der Waals surface area contributed by atoms with Crippen LogP contribution >= 0.6 is 0 Å². The van der Waals surface area contributed by atoms with E-state index in [2.05, 4.69) is 0 Å². The van der Waals surface area contributed by atoms with E-state index < -0.39 is 0 Å². The van der Waals surface area contributed by atoms with Gasteiger partial charge in [0, 0.05) is 5.92 Å². The van der Waals surface area contributed by atoms with E-state index in [0.717, 1.165) is 11.8 Å². The van der Waals surface area contributed by atoms with Gasteiger partial charge in [0.25, 0.3) is 0 Å². The highest BCUT2D eigenvalue weighted by Gasteiger charge is 1.98. The molecule has 0 aliphatic rings. The number of hydrogen-bond acceptors (Lipinski definition) is 2. The van der Waals surface area contributed by atoms with Crippen LogP contribution in [0.3, 0.4) is 0 Å². The van der Waals surface area contributed by atoms with Crippen LogP contribution in [-0.2, 0) is 16.1 Å². The molecule has 1 atom stereocenters. The fourth-order valence-corrected chi connectivity index (χ4v) is 0.976. The fourth-order valence-electron chi connectivity index (χ4n) is 0.976. The maximum Gasteiger partial charge on any atom is 0.125 e. The van der Waals surface area contributed by atoms with Crippen molar-refractivity contribution in [3.8, 4) is 0 Å². The molecule has 0 radical (unpaired) electrons. The van der Waals surface area contributed by atoms with E-state index in [-0.39, 0.29) is 5.92 Å². The Balaban J connectivity index is 2.24. The van der Waals surface area contributed by atoms with Crippen LogP contribution in [-0.4, -0.2) is 12.9 Å². The first-order valence-corrected chi connectivity index (χ1v) is 4.40. The van der Waals surface area contributed by atoms with Crippen molar-refractivity contribution in [3.05, 3.63) is 35.9 Å². The van der Waals surface area contributed by atoms with E-state index in [1.165, 1.54) is 0 Å². The van der Waals surface area contributed by atoms with Gasteiger partial charge in [-0.1, -0.05) is 37.3 Å². The Morgan fingerprint density at radius 3 is 2.69 bits per heavy atom. The summed E-state index contributed by atoms with van der Waals surface area (Å²) < 4.78 is 5.34. The van der Waals surface area contributed by atoms with Crippen molar-refractivity contribution in [2.24, 2.45) is 5.92 Å². The minimum Gasteiger partial charge on any atom is -0.376 e. The Bertz CT molecular complexity index is 244. The Morgan fingerprint density at radius 1 is 1.38 bits per heavy atom. The average Bonchev–Trinajstić information content (AvgIpc) is 2.19. The molecular formula is C11H14O2. The normalized spacial score (nSPS) is 12.4. The molecule has 0 aliphatic heterocycles. The van der Waals surface area contributed by atoms with Gasteiger partial charge in [0.05, 0.1) is 13.2 Å². The molecule has 2 nitrogen and oxygen atoms in total. The van der Waals surface area contributed by atoms with E-state index in [1.807, 2.05) is 37.3 Å². The Kier molecular flexibility index (Phi) is 4.19. The van der Waals surface area contributed by atoms with Crippen LogP contribution in [0.1, 0.15) is 12.5 Å². The van der Waals surface area contributed by atoms with E-state index in [0.29, 0.717) is 13.2 Å². The lowest BCUT2D eigenvalue weighted by molar-refractivity contribution is -0.112. The number of carbonyl (C=O) groups is 1. The molecule has 13 heavy (non-hydrogen) atoms. The molecule has 0 N–H and O–H groups in total. The van der Waals surface area contributed by atoms with Crippen molar-refractivity contribution in [3.63, 3.8) is 0 Å². The zero-order chi connectivity index (χ0) is 9.52. The van der Waals surface area contributed by atoms with Gasteiger partial charge < -0.3 is 9.53 Å². The van der Waals surface area contributed by atoms with Crippen LogP contribution in [0, 0.1) is 5.92 Å². The average molecular weight is 178 g/mol. The summed E-state index contributed by atoms with van der Waals surface area (Å²) in [6, 6.07) is 9.93. The number of benzene rings is 1. The summed E-state index contributed by atoms with van der Waals surface area (Å²) in [5, 5.41) is 0. The molecule has 0 spiro atoms. The minimum absolute atomic E-state index is 0.0105. The predicted octanol–water partition coefficient (Wildman–Crippen LogP) is 2.04. The van der Waals surface area contributed by atoms with Gasteiger partial charge in [0.2, 0.25) is 0 Å². The molecule has 0 saturated heterocycles. The third kappa shape index (κ3) is 3.85. The van der Waals surface area contributed by atoms with E-state index in [4.69, 9.17) is 4.74 Å². The van der Waals surface area contributed by atoms with Gasteiger partial charge in [-0.15, -0.1) is 0 Å². The van der Waals surface area contributed by atoms with E-state index in [9.17, 15) is 4.79 Å². The number of hydrogen-bond donors (Lipinski definition) is 0. The zero-order valence-electron chi connectivity index (χ0n) is 7.77. The lowest BCUT2D eigenvalue weighted by atomic mass is 10.2. The van der Waals surface area contributed by atoms with Crippen LogP contribution in [0.4, 0.5) is 0 Å². The first-order valence-electron chi connectivity index (χ1n) is 4.40. The summed E-state index contributed by atoms with van der Waals surface area (Å²) in [7, 11) is 0. The summed E-state index contributed by atoms with van der Waals surface area (Å²) in [5.41, 5.74) is 1.14. The second-order valence-corrected chi connectivity index (χ2v) is 3.11. The topological polar surface area (TPSA) is 26.3 Å². The van der Waals surface area contributed by atoms with Gasteiger partial charge in [0.1, 0.15) is 6.29 Å². The van der Waals surface area contributed by atoms with Crippen LogP contribution in [0.5, 0.6) is 0 Å².